The van der Waals surface area contributed by atoms with Crippen molar-refractivity contribution in [1.29, 1.82) is 0 Å². The highest BCUT2D eigenvalue weighted by Gasteiger charge is 2.21. The molecule has 1 aromatic rings. The summed E-state index contributed by atoms with van der Waals surface area (Å²) in [6.07, 6.45) is 7.05. The molecule has 2 atom stereocenters. The Balaban J connectivity index is 2.07. The molecule has 94 valence electrons. The first-order valence-electron chi connectivity index (χ1n) is 6.20. The molecular formula is C13H19ClN2S. The van der Waals surface area contributed by atoms with Crippen LogP contribution < -0.4 is 5.73 Å². The molecule has 0 aromatic carbocycles. The van der Waals surface area contributed by atoms with Crippen LogP contribution in [-0.2, 0) is 6.54 Å². The normalized spacial score (nSPS) is 24.9. The molecule has 0 aliphatic heterocycles. The molecule has 2 N–H and O–H groups in total. The lowest BCUT2D eigenvalue weighted by molar-refractivity contribution is 0.394. The first-order chi connectivity index (χ1) is 8.20. The van der Waals surface area contributed by atoms with Crippen molar-refractivity contribution in [2.24, 2.45) is 11.7 Å². The van der Waals surface area contributed by atoms with Crippen LogP contribution in [0.2, 0.25) is 5.02 Å². The Hall–Kier alpha value is -0.250. The minimum absolute atomic E-state index is 0.482. The maximum Gasteiger partial charge on any atom is 0.115 e. The lowest BCUT2D eigenvalue weighted by Crippen LogP contribution is -2.15. The van der Waals surface area contributed by atoms with Crippen LogP contribution in [-0.4, -0.2) is 10.2 Å². The summed E-state index contributed by atoms with van der Waals surface area (Å²) in [5.74, 6) is 0.831. The number of thioether (sulfide) groups is 1. The second-order valence-corrected chi connectivity index (χ2v) is 6.47. The SMILES string of the molecule is CC1CCCC(Sc2nccc(CN)c2Cl)C1. The van der Waals surface area contributed by atoms with Gasteiger partial charge < -0.3 is 5.73 Å². The van der Waals surface area contributed by atoms with Gasteiger partial charge in [0.05, 0.1) is 5.02 Å². The molecule has 0 radical (unpaired) electrons. The number of hydrogen-bond acceptors (Lipinski definition) is 3. The van der Waals surface area contributed by atoms with E-state index in [9.17, 15) is 0 Å². The highest BCUT2D eigenvalue weighted by atomic mass is 35.5. The van der Waals surface area contributed by atoms with Crippen LogP contribution >= 0.6 is 23.4 Å². The Morgan fingerprint density at radius 1 is 1.53 bits per heavy atom. The van der Waals surface area contributed by atoms with Gasteiger partial charge in [-0.3, -0.25) is 0 Å². The molecule has 0 spiro atoms. The zero-order valence-electron chi connectivity index (χ0n) is 10.2. The van der Waals surface area contributed by atoms with Crippen LogP contribution in [0.15, 0.2) is 17.3 Å². The molecule has 1 saturated carbocycles. The summed E-state index contributed by atoms with van der Waals surface area (Å²) in [6, 6.07) is 1.90. The smallest absolute Gasteiger partial charge is 0.115 e. The van der Waals surface area contributed by atoms with E-state index in [-0.39, 0.29) is 0 Å². The fraction of sp³-hybridized carbons (Fsp3) is 0.615. The second kappa shape index (κ2) is 6.07. The summed E-state index contributed by atoms with van der Waals surface area (Å²) in [7, 11) is 0. The molecule has 0 saturated heterocycles. The van der Waals surface area contributed by atoms with Gasteiger partial charge in [0.25, 0.3) is 0 Å². The average molecular weight is 271 g/mol. The van der Waals surface area contributed by atoms with Crippen molar-refractivity contribution in [3.8, 4) is 0 Å². The van der Waals surface area contributed by atoms with E-state index in [1.165, 1.54) is 25.7 Å². The highest BCUT2D eigenvalue weighted by Crippen LogP contribution is 2.38. The van der Waals surface area contributed by atoms with Gasteiger partial charge in [0.2, 0.25) is 0 Å². The number of nitrogens with zero attached hydrogens (tertiary/aromatic N) is 1. The van der Waals surface area contributed by atoms with Gasteiger partial charge in [0.15, 0.2) is 0 Å². The van der Waals surface area contributed by atoms with Crippen LogP contribution in [0.3, 0.4) is 0 Å². The van der Waals surface area contributed by atoms with Crippen molar-refractivity contribution in [1.82, 2.24) is 4.98 Å². The van der Waals surface area contributed by atoms with Crippen molar-refractivity contribution in [3.63, 3.8) is 0 Å². The molecule has 1 aliphatic rings. The van der Waals surface area contributed by atoms with Crippen molar-refractivity contribution < 1.29 is 0 Å². The summed E-state index contributed by atoms with van der Waals surface area (Å²) >= 11 is 8.13. The molecule has 0 bridgehead atoms. The number of nitrogens with two attached hydrogens (primary N) is 1. The van der Waals surface area contributed by atoms with E-state index in [2.05, 4.69) is 11.9 Å². The van der Waals surface area contributed by atoms with Gasteiger partial charge in [-0.15, -0.1) is 11.8 Å². The molecule has 2 nitrogen and oxygen atoms in total. The molecule has 1 fully saturated rings. The predicted octanol–water partition coefficient (Wildman–Crippen LogP) is 3.86. The molecule has 1 aromatic heterocycles. The summed E-state index contributed by atoms with van der Waals surface area (Å²) in [5, 5.41) is 2.36. The third-order valence-corrected chi connectivity index (χ3v) is 5.15. The van der Waals surface area contributed by atoms with E-state index in [4.69, 9.17) is 17.3 Å². The number of hydrogen-bond donors (Lipinski definition) is 1. The quantitative estimate of drug-likeness (QED) is 0.906. The first-order valence-corrected chi connectivity index (χ1v) is 7.46. The fourth-order valence-corrected chi connectivity index (χ4v) is 4.05. The minimum Gasteiger partial charge on any atom is -0.326 e. The second-order valence-electron chi connectivity index (χ2n) is 4.80. The van der Waals surface area contributed by atoms with Gasteiger partial charge in [-0.2, -0.15) is 0 Å². The van der Waals surface area contributed by atoms with Crippen LogP contribution in [0, 0.1) is 5.92 Å². The highest BCUT2D eigenvalue weighted by molar-refractivity contribution is 8.00. The van der Waals surface area contributed by atoms with Gasteiger partial charge in [-0.25, -0.2) is 4.98 Å². The summed E-state index contributed by atoms with van der Waals surface area (Å²) in [4.78, 5) is 4.38. The van der Waals surface area contributed by atoms with Crippen LogP contribution in [0.25, 0.3) is 0 Å². The van der Waals surface area contributed by atoms with E-state index in [0.717, 1.165) is 21.5 Å². The van der Waals surface area contributed by atoms with E-state index < -0.39 is 0 Å². The lowest BCUT2D eigenvalue weighted by Gasteiger charge is -2.26. The molecule has 1 heterocycles. The number of aromatic nitrogens is 1. The van der Waals surface area contributed by atoms with Crippen LogP contribution in [0.5, 0.6) is 0 Å². The Morgan fingerprint density at radius 2 is 2.35 bits per heavy atom. The number of halogens is 1. The Kier molecular flexibility index (Phi) is 4.71. The fourth-order valence-electron chi connectivity index (χ4n) is 2.35. The molecule has 0 amide bonds. The van der Waals surface area contributed by atoms with Gasteiger partial charge in [-0.05, 0) is 30.4 Å². The van der Waals surface area contributed by atoms with Crippen molar-refractivity contribution in [2.45, 2.75) is 49.4 Å². The zero-order valence-corrected chi connectivity index (χ0v) is 11.7. The van der Waals surface area contributed by atoms with Crippen molar-refractivity contribution in [3.05, 3.63) is 22.8 Å². The molecule has 2 rings (SSSR count). The van der Waals surface area contributed by atoms with Crippen LogP contribution in [0.4, 0.5) is 0 Å². The molecule has 1 aliphatic carbocycles. The number of rotatable bonds is 3. The van der Waals surface area contributed by atoms with Crippen molar-refractivity contribution >= 4 is 23.4 Å². The Labute approximate surface area is 112 Å². The first kappa shape index (κ1) is 13.2. The summed E-state index contributed by atoms with van der Waals surface area (Å²) in [6.45, 7) is 2.81. The van der Waals surface area contributed by atoms with E-state index >= 15 is 0 Å². The van der Waals surface area contributed by atoms with Crippen LogP contribution in [0.1, 0.15) is 38.2 Å². The Morgan fingerprint density at radius 3 is 3.06 bits per heavy atom. The maximum atomic E-state index is 6.30. The van der Waals surface area contributed by atoms with Gasteiger partial charge in [0, 0.05) is 18.0 Å². The standard InChI is InChI=1S/C13H19ClN2S/c1-9-3-2-4-11(7-9)17-13-12(14)10(8-15)5-6-16-13/h5-6,9,11H,2-4,7-8,15H2,1H3. The number of pyridine rings is 1. The molecule has 4 heteroatoms. The van der Waals surface area contributed by atoms with E-state index in [1.54, 1.807) is 0 Å². The van der Waals surface area contributed by atoms with Gasteiger partial charge in [0.1, 0.15) is 5.03 Å². The van der Waals surface area contributed by atoms with Crippen molar-refractivity contribution in [2.75, 3.05) is 0 Å². The Bertz CT molecular complexity index is 384. The lowest BCUT2D eigenvalue weighted by atomic mass is 9.91. The average Bonchev–Trinajstić information content (AvgIpc) is 2.32. The summed E-state index contributed by atoms with van der Waals surface area (Å²) in [5.41, 5.74) is 6.65. The summed E-state index contributed by atoms with van der Waals surface area (Å²) < 4.78 is 0. The maximum absolute atomic E-state index is 6.30. The van der Waals surface area contributed by atoms with Gasteiger partial charge >= 0.3 is 0 Å². The van der Waals surface area contributed by atoms with Gasteiger partial charge in [-0.1, -0.05) is 31.4 Å². The predicted molar refractivity (Wildman–Crippen MR) is 74.4 cm³/mol. The third-order valence-electron chi connectivity index (χ3n) is 3.32. The monoisotopic (exact) mass is 270 g/mol. The zero-order chi connectivity index (χ0) is 12.3. The molecule has 17 heavy (non-hydrogen) atoms. The van der Waals surface area contributed by atoms with E-state index in [1.807, 2.05) is 24.0 Å². The molecule has 2 unspecified atom stereocenters. The minimum atomic E-state index is 0.482. The third kappa shape index (κ3) is 3.36. The molecular weight excluding hydrogens is 252 g/mol. The largest absolute Gasteiger partial charge is 0.326 e. The van der Waals surface area contributed by atoms with E-state index in [0.29, 0.717) is 11.8 Å². The topological polar surface area (TPSA) is 38.9 Å².